The number of rotatable bonds is 3. The fourth-order valence-electron chi connectivity index (χ4n) is 4.90. The van der Waals surface area contributed by atoms with Crippen LogP contribution in [0.15, 0.2) is 24.4 Å². The van der Waals surface area contributed by atoms with Crippen molar-refractivity contribution >= 4 is 27.3 Å². The first-order chi connectivity index (χ1) is 10.8. The topological polar surface area (TPSA) is 33.2 Å². The van der Waals surface area contributed by atoms with Crippen molar-refractivity contribution in [1.29, 1.82) is 0 Å². The van der Waals surface area contributed by atoms with Gasteiger partial charge in [0.2, 0.25) is 0 Å². The number of aromatic nitrogens is 1. The van der Waals surface area contributed by atoms with Crippen molar-refractivity contribution in [1.82, 2.24) is 9.88 Å². The average molecular weight is 312 g/mol. The third kappa shape index (κ3) is 1.83. The van der Waals surface area contributed by atoms with Gasteiger partial charge < -0.3 is 0 Å². The smallest absolute Gasteiger partial charge is 0.173 e. The number of carbonyl (C=O) groups excluding carboxylic acids is 1. The molecular weight excluding hydrogens is 292 g/mol. The van der Waals surface area contributed by atoms with Crippen LogP contribution >= 0.6 is 11.3 Å². The van der Waals surface area contributed by atoms with Gasteiger partial charge in [-0.05, 0) is 62.7 Å². The molecule has 1 spiro atoms. The van der Waals surface area contributed by atoms with Crippen LogP contribution in [0.1, 0.15) is 41.8 Å². The number of hydrogen-bond donors (Lipinski definition) is 0. The summed E-state index contributed by atoms with van der Waals surface area (Å²) >= 11 is 1.56. The van der Waals surface area contributed by atoms with Gasteiger partial charge in [-0.3, -0.25) is 9.69 Å². The summed E-state index contributed by atoms with van der Waals surface area (Å²) in [7, 11) is 0. The number of thiophene rings is 1. The molecule has 1 aliphatic carbocycles. The van der Waals surface area contributed by atoms with Crippen molar-refractivity contribution in [2.75, 3.05) is 13.1 Å². The Morgan fingerprint density at radius 3 is 2.91 bits per heavy atom. The average Bonchev–Trinajstić information content (AvgIpc) is 3.20. The van der Waals surface area contributed by atoms with E-state index in [2.05, 4.69) is 9.88 Å². The molecule has 0 N–H and O–H groups in total. The third-order valence-electron chi connectivity index (χ3n) is 6.16. The Bertz CT molecular complexity index is 707. The van der Waals surface area contributed by atoms with E-state index in [0.29, 0.717) is 17.2 Å². The quantitative estimate of drug-likeness (QED) is 0.809. The molecule has 4 aliphatic rings. The number of hydrogen-bond acceptors (Lipinski definition) is 4. The van der Waals surface area contributed by atoms with Gasteiger partial charge in [-0.25, -0.2) is 4.98 Å². The lowest BCUT2D eigenvalue weighted by Crippen LogP contribution is -2.57. The molecule has 0 unspecified atom stereocenters. The molecule has 1 saturated carbocycles. The van der Waals surface area contributed by atoms with Gasteiger partial charge in [-0.1, -0.05) is 6.07 Å². The molecule has 0 aromatic carbocycles. The van der Waals surface area contributed by atoms with Gasteiger partial charge in [-0.15, -0.1) is 11.3 Å². The van der Waals surface area contributed by atoms with Crippen molar-refractivity contribution in [2.45, 2.75) is 37.6 Å². The molecule has 114 valence electrons. The summed E-state index contributed by atoms with van der Waals surface area (Å²) in [5.74, 6) is 1.72. The van der Waals surface area contributed by atoms with Crippen molar-refractivity contribution in [3.05, 3.63) is 29.3 Å². The summed E-state index contributed by atoms with van der Waals surface area (Å²) < 4.78 is 0. The molecular formula is C18H20N2OS. The first-order valence-corrected chi connectivity index (χ1v) is 9.21. The molecule has 2 aromatic heterocycles. The highest BCUT2D eigenvalue weighted by Crippen LogP contribution is 2.58. The van der Waals surface area contributed by atoms with Crippen molar-refractivity contribution < 1.29 is 4.79 Å². The van der Waals surface area contributed by atoms with Crippen molar-refractivity contribution in [3.63, 3.8) is 0 Å². The number of piperidine rings is 3. The second-order valence-corrected chi connectivity index (χ2v) is 8.20. The van der Waals surface area contributed by atoms with Gasteiger partial charge in [0.15, 0.2) is 5.78 Å². The fourth-order valence-corrected chi connectivity index (χ4v) is 5.85. The zero-order chi connectivity index (χ0) is 14.7. The highest BCUT2D eigenvalue weighted by molar-refractivity contribution is 7.20. The Morgan fingerprint density at radius 2 is 2.18 bits per heavy atom. The molecule has 5 heterocycles. The Morgan fingerprint density at radius 1 is 1.36 bits per heavy atom. The molecule has 2 bridgehead atoms. The SMILES string of the molecule is O=C(C[C@@H]1C2CCN(CC2)C12CC2)c1cc2cccnc2s1. The minimum absolute atomic E-state index is 0.341. The number of carbonyl (C=O) groups is 1. The summed E-state index contributed by atoms with van der Waals surface area (Å²) in [5, 5.41) is 1.10. The standard InChI is InChI=1S/C18H20N2OS/c21-15(16-10-13-2-1-7-19-17(13)22-16)11-14-12-3-8-20(9-4-12)18(14)5-6-18/h1-2,7,10,12,14H,3-6,8-9,11H2/t14-/m1/s1. The number of fused-ring (bicyclic) bond motifs is 3. The number of ketones is 1. The van der Waals surface area contributed by atoms with Crippen LogP contribution < -0.4 is 0 Å². The fraction of sp³-hybridized carbons (Fsp3) is 0.556. The maximum atomic E-state index is 12.8. The lowest BCUT2D eigenvalue weighted by molar-refractivity contribution is -0.0273. The van der Waals surface area contributed by atoms with Crippen LogP contribution in [-0.4, -0.2) is 34.3 Å². The largest absolute Gasteiger partial charge is 0.297 e. The van der Waals surface area contributed by atoms with Gasteiger partial charge in [0, 0.05) is 23.5 Å². The van der Waals surface area contributed by atoms with Crippen LogP contribution in [0.25, 0.3) is 10.2 Å². The lowest BCUT2D eigenvalue weighted by atomic mass is 9.70. The van der Waals surface area contributed by atoms with E-state index in [9.17, 15) is 4.79 Å². The molecule has 4 heteroatoms. The molecule has 0 radical (unpaired) electrons. The molecule has 2 aromatic rings. The van der Waals surface area contributed by atoms with Crippen molar-refractivity contribution in [3.8, 4) is 0 Å². The summed E-state index contributed by atoms with van der Waals surface area (Å²) in [6, 6.07) is 6.03. The molecule has 22 heavy (non-hydrogen) atoms. The zero-order valence-electron chi connectivity index (χ0n) is 12.6. The van der Waals surface area contributed by atoms with Crippen LogP contribution in [-0.2, 0) is 0 Å². The van der Waals surface area contributed by atoms with Crippen LogP contribution in [0.5, 0.6) is 0 Å². The second kappa shape index (κ2) is 4.62. The summed E-state index contributed by atoms with van der Waals surface area (Å²) in [6.07, 6.45) is 7.78. The molecule has 3 saturated heterocycles. The zero-order valence-corrected chi connectivity index (χ0v) is 13.4. The van der Waals surface area contributed by atoms with Gasteiger partial charge in [-0.2, -0.15) is 0 Å². The van der Waals surface area contributed by atoms with Gasteiger partial charge in [0.1, 0.15) is 4.83 Å². The predicted molar refractivity (Wildman–Crippen MR) is 88.3 cm³/mol. The minimum atomic E-state index is 0.341. The Balaban J connectivity index is 1.42. The monoisotopic (exact) mass is 312 g/mol. The van der Waals surface area contributed by atoms with E-state index in [1.807, 2.05) is 18.2 Å². The summed E-state index contributed by atoms with van der Waals surface area (Å²) in [6.45, 7) is 2.53. The first-order valence-electron chi connectivity index (χ1n) is 8.39. The van der Waals surface area contributed by atoms with E-state index < -0.39 is 0 Å². The highest BCUT2D eigenvalue weighted by atomic mass is 32.1. The minimum Gasteiger partial charge on any atom is -0.297 e. The van der Waals surface area contributed by atoms with E-state index in [1.165, 1.54) is 38.8 Å². The first kappa shape index (κ1) is 13.2. The van der Waals surface area contributed by atoms with E-state index >= 15 is 0 Å². The maximum Gasteiger partial charge on any atom is 0.173 e. The molecule has 3 nitrogen and oxygen atoms in total. The maximum absolute atomic E-state index is 12.8. The van der Waals surface area contributed by atoms with Gasteiger partial charge in [0.05, 0.1) is 4.88 Å². The van der Waals surface area contributed by atoms with E-state index in [-0.39, 0.29) is 0 Å². The Labute approximate surface area is 134 Å². The summed E-state index contributed by atoms with van der Waals surface area (Å²) in [5.41, 5.74) is 0.408. The summed E-state index contributed by atoms with van der Waals surface area (Å²) in [4.78, 5) is 21.8. The van der Waals surface area contributed by atoms with Gasteiger partial charge in [0.25, 0.3) is 0 Å². The molecule has 4 fully saturated rings. The normalized spacial score (nSPS) is 31.7. The van der Waals surface area contributed by atoms with Crippen LogP contribution in [0, 0.1) is 11.8 Å². The van der Waals surface area contributed by atoms with E-state index in [1.54, 1.807) is 17.5 Å². The van der Waals surface area contributed by atoms with Crippen molar-refractivity contribution in [2.24, 2.45) is 11.8 Å². The predicted octanol–water partition coefficient (Wildman–Crippen LogP) is 3.74. The third-order valence-corrected chi connectivity index (χ3v) is 7.26. The van der Waals surface area contributed by atoms with E-state index in [4.69, 9.17) is 0 Å². The number of Topliss-reactive ketones (excluding diaryl/α,β-unsaturated/α-hetero) is 1. The Hall–Kier alpha value is -1.26. The van der Waals surface area contributed by atoms with Gasteiger partial charge >= 0.3 is 0 Å². The molecule has 1 atom stereocenters. The molecule has 3 aliphatic heterocycles. The number of nitrogens with zero attached hydrogens (tertiary/aromatic N) is 2. The highest BCUT2D eigenvalue weighted by Gasteiger charge is 2.60. The molecule has 6 rings (SSSR count). The Kier molecular flexibility index (Phi) is 2.77. The molecule has 0 amide bonds. The second-order valence-electron chi connectivity index (χ2n) is 7.17. The lowest BCUT2D eigenvalue weighted by Gasteiger charge is -2.52. The van der Waals surface area contributed by atoms with E-state index in [0.717, 1.165) is 27.4 Å². The van der Waals surface area contributed by atoms with Crippen LogP contribution in [0.4, 0.5) is 0 Å². The van der Waals surface area contributed by atoms with Crippen LogP contribution in [0.3, 0.4) is 0 Å². The number of pyridine rings is 1. The van der Waals surface area contributed by atoms with Crippen LogP contribution in [0.2, 0.25) is 0 Å².